The van der Waals surface area contributed by atoms with Gasteiger partial charge in [0.1, 0.15) is 5.69 Å². The molecule has 1 amide bonds. The molecular formula is C22H26N4OS. The number of nitrogens with one attached hydrogen (secondary N) is 2. The van der Waals surface area contributed by atoms with Gasteiger partial charge in [0.2, 0.25) is 0 Å². The molecule has 5 nitrogen and oxygen atoms in total. The Kier molecular flexibility index (Phi) is 5.48. The molecule has 2 aromatic heterocycles. The van der Waals surface area contributed by atoms with Crippen molar-refractivity contribution in [3.05, 3.63) is 71.0 Å². The van der Waals surface area contributed by atoms with Gasteiger partial charge in [-0.25, -0.2) is 4.98 Å². The van der Waals surface area contributed by atoms with Gasteiger partial charge >= 0.3 is 0 Å². The lowest BCUT2D eigenvalue weighted by Crippen LogP contribution is -2.46. The first-order valence-electron chi connectivity index (χ1n) is 9.91. The van der Waals surface area contributed by atoms with E-state index in [-0.39, 0.29) is 11.3 Å². The molecule has 1 aliphatic rings. The van der Waals surface area contributed by atoms with Crippen molar-refractivity contribution in [2.75, 3.05) is 25.0 Å². The van der Waals surface area contributed by atoms with Gasteiger partial charge in [0, 0.05) is 36.6 Å². The molecule has 3 aromatic rings. The number of anilines is 1. The fourth-order valence-corrected chi connectivity index (χ4v) is 4.82. The van der Waals surface area contributed by atoms with Gasteiger partial charge < -0.3 is 15.2 Å². The maximum atomic E-state index is 12.7. The first kappa shape index (κ1) is 18.7. The zero-order valence-electron chi connectivity index (χ0n) is 16.1. The summed E-state index contributed by atoms with van der Waals surface area (Å²) in [5.74, 6) is 0.0789. The lowest BCUT2D eigenvalue weighted by Gasteiger charge is -2.41. The number of H-pyrrole nitrogens is 1. The Morgan fingerprint density at radius 2 is 2.00 bits per heavy atom. The SMILES string of the molecule is CCCNc1nc(C2(c3ccccc3)CCN(C(=O)c3ccc[nH]3)CC2)cs1. The van der Waals surface area contributed by atoms with E-state index in [0.29, 0.717) is 5.69 Å². The molecule has 1 fully saturated rings. The number of aromatic amines is 1. The molecule has 0 spiro atoms. The number of nitrogens with zero attached hydrogens (tertiary/aromatic N) is 2. The van der Waals surface area contributed by atoms with Crippen LogP contribution in [0.5, 0.6) is 0 Å². The number of thiazole rings is 1. The fourth-order valence-electron chi connectivity index (χ4n) is 3.98. The Balaban J connectivity index is 1.59. The van der Waals surface area contributed by atoms with Crippen LogP contribution in [0.3, 0.4) is 0 Å². The third-order valence-electron chi connectivity index (χ3n) is 5.58. The van der Waals surface area contributed by atoms with Gasteiger partial charge in [-0.15, -0.1) is 11.3 Å². The minimum absolute atomic E-state index is 0.0789. The second-order valence-electron chi connectivity index (χ2n) is 7.29. The molecule has 0 atom stereocenters. The summed E-state index contributed by atoms with van der Waals surface area (Å²) in [6.45, 7) is 4.54. The Morgan fingerprint density at radius 3 is 2.68 bits per heavy atom. The van der Waals surface area contributed by atoms with Crippen LogP contribution < -0.4 is 5.32 Å². The number of aromatic nitrogens is 2. The summed E-state index contributed by atoms with van der Waals surface area (Å²) in [4.78, 5) is 22.7. The highest BCUT2D eigenvalue weighted by atomic mass is 32.1. The molecule has 28 heavy (non-hydrogen) atoms. The summed E-state index contributed by atoms with van der Waals surface area (Å²) in [6, 6.07) is 14.3. The molecule has 1 saturated heterocycles. The monoisotopic (exact) mass is 394 g/mol. The molecule has 0 radical (unpaired) electrons. The van der Waals surface area contributed by atoms with E-state index in [1.807, 2.05) is 17.0 Å². The van der Waals surface area contributed by atoms with Crippen LogP contribution in [0, 0.1) is 0 Å². The number of carbonyl (C=O) groups is 1. The Labute approximate surface area is 169 Å². The average Bonchev–Trinajstić information content (AvgIpc) is 3.45. The quantitative estimate of drug-likeness (QED) is 0.646. The van der Waals surface area contributed by atoms with E-state index < -0.39 is 0 Å². The molecular weight excluding hydrogens is 368 g/mol. The minimum atomic E-state index is -0.142. The van der Waals surface area contributed by atoms with Crippen LogP contribution >= 0.6 is 11.3 Å². The van der Waals surface area contributed by atoms with E-state index in [1.54, 1.807) is 17.5 Å². The number of amides is 1. The maximum Gasteiger partial charge on any atom is 0.270 e. The van der Waals surface area contributed by atoms with Gasteiger partial charge in [0.05, 0.1) is 5.69 Å². The van der Waals surface area contributed by atoms with E-state index in [0.717, 1.165) is 49.7 Å². The highest BCUT2D eigenvalue weighted by molar-refractivity contribution is 7.13. The third kappa shape index (κ3) is 3.56. The molecule has 146 valence electrons. The summed E-state index contributed by atoms with van der Waals surface area (Å²) >= 11 is 1.67. The maximum absolute atomic E-state index is 12.7. The lowest BCUT2D eigenvalue weighted by atomic mass is 9.70. The number of carbonyl (C=O) groups excluding carboxylic acids is 1. The van der Waals surface area contributed by atoms with Crippen LogP contribution in [0.1, 0.15) is 47.9 Å². The van der Waals surface area contributed by atoms with Crippen molar-refractivity contribution < 1.29 is 4.79 Å². The summed E-state index contributed by atoms with van der Waals surface area (Å²) < 4.78 is 0. The largest absolute Gasteiger partial charge is 0.362 e. The highest BCUT2D eigenvalue weighted by Crippen LogP contribution is 2.42. The number of hydrogen-bond donors (Lipinski definition) is 2. The molecule has 0 saturated carbocycles. The van der Waals surface area contributed by atoms with Crippen molar-refractivity contribution in [2.24, 2.45) is 0 Å². The molecule has 4 rings (SSSR count). The van der Waals surface area contributed by atoms with E-state index >= 15 is 0 Å². The van der Waals surface area contributed by atoms with Crippen LogP contribution in [-0.2, 0) is 5.41 Å². The second kappa shape index (κ2) is 8.19. The molecule has 1 aliphatic heterocycles. The van der Waals surface area contributed by atoms with E-state index in [1.165, 1.54) is 5.56 Å². The summed E-state index contributed by atoms with van der Waals surface area (Å²) in [5, 5.41) is 6.58. The van der Waals surface area contributed by atoms with Crippen LogP contribution in [-0.4, -0.2) is 40.4 Å². The molecule has 0 unspecified atom stereocenters. The fraction of sp³-hybridized carbons (Fsp3) is 0.364. The van der Waals surface area contributed by atoms with Crippen molar-refractivity contribution in [3.63, 3.8) is 0 Å². The second-order valence-corrected chi connectivity index (χ2v) is 8.15. The number of benzene rings is 1. The highest BCUT2D eigenvalue weighted by Gasteiger charge is 2.41. The molecule has 2 N–H and O–H groups in total. The van der Waals surface area contributed by atoms with Gasteiger partial charge in [0.15, 0.2) is 5.13 Å². The van der Waals surface area contributed by atoms with Gasteiger partial charge in [-0.1, -0.05) is 37.3 Å². The van der Waals surface area contributed by atoms with Gasteiger partial charge in [-0.05, 0) is 37.0 Å². The minimum Gasteiger partial charge on any atom is -0.362 e. The van der Waals surface area contributed by atoms with E-state index in [4.69, 9.17) is 4.98 Å². The Hall–Kier alpha value is -2.60. The first-order chi connectivity index (χ1) is 13.7. The molecule has 0 bridgehead atoms. The van der Waals surface area contributed by atoms with Crippen molar-refractivity contribution in [1.82, 2.24) is 14.9 Å². The third-order valence-corrected chi connectivity index (χ3v) is 6.38. The predicted molar refractivity (Wildman–Crippen MR) is 114 cm³/mol. The summed E-state index contributed by atoms with van der Waals surface area (Å²) in [5.41, 5.74) is 2.92. The van der Waals surface area contributed by atoms with Crippen molar-refractivity contribution in [1.29, 1.82) is 0 Å². The number of piperidine rings is 1. The van der Waals surface area contributed by atoms with Crippen molar-refractivity contribution in [2.45, 2.75) is 31.6 Å². The Morgan fingerprint density at radius 1 is 1.21 bits per heavy atom. The molecule has 0 aliphatic carbocycles. The zero-order valence-corrected chi connectivity index (χ0v) is 17.0. The van der Waals surface area contributed by atoms with Gasteiger partial charge in [0.25, 0.3) is 5.91 Å². The van der Waals surface area contributed by atoms with Crippen LogP contribution in [0.4, 0.5) is 5.13 Å². The standard InChI is InChI=1S/C22H26N4OS/c1-2-12-24-21-25-19(16-28-21)22(17-7-4-3-5-8-17)10-14-26(15-11-22)20(27)18-9-6-13-23-18/h3-9,13,16,23H,2,10-12,14-15H2,1H3,(H,24,25). The van der Waals surface area contributed by atoms with Crippen molar-refractivity contribution in [3.8, 4) is 0 Å². The van der Waals surface area contributed by atoms with Gasteiger partial charge in [-0.2, -0.15) is 0 Å². The normalized spacial score (nSPS) is 16.1. The van der Waals surface area contributed by atoms with Gasteiger partial charge in [-0.3, -0.25) is 4.79 Å². The van der Waals surface area contributed by atoms with E-state index in [9.17, 15) is 4.79 Å². The molecule has 1 aromatic carbocycles. The average molecular weight is 395 g/mol. The number of hydrogen-bond acceptors (Lipinski definition) is 4. The lowest BCUT2D eigenvalue weighted by molar-refractivity contribution is 0.0679. The number of likely N-dealkylation sites (tertiary alicyclic amines) is 1. The first-order valence-corrected chi connectivity index (χ1v) is 10.8. The molecule has 3 heterocycles. The number of rotatable bonds is 6. The van der Waals surface area contributed by atoms with Crippen LogP contribution in [0.25, 0.3) is 0 Å². The Bertz CT molecular complexity index is 896. The summed E-state index contributed by atoms with van der Waals surface area (Å²) in [7, 11) is 0. The topological polar surface area (TPSA) is 61.0 Å². The molecule has 6 heteroatoms. The van der Waals surface area contributed by atoms with Crippen molar-refractivity contribution >= 4 is 22.4 Å². The van der Waals surface area contributed by atoms with Crippen LogP contribution in [0.15, 0.2) is 54.0 Å². The smallest absolute Gasteiger partial charge is 0.270 e. The van der Waals surface area contributed by atoms with E-state index in [2.05, 4.69) is 52.9 Å². The van der Waals surface area contributed by atoms with Crippen LogP contribution in [0.2, 0.25) is 0 Å². The zero-order chi connectivity index (χ0) is 19.4. The predicted octanol–water partition coefficient (Wildman–Crippen LogP) is 4.52. The summed E-state index contributed by atoms with van der Waals surface area (Å²) in [6.07, 6.45) is 4.63.